The zero-order valence-electron chi connectivity index (χ0n) is 4.16. The van der Waals surface area contributed by atoms with Crippen molar-refractivity contribution in [3.63, 3.8) is 0 Å². The molecule has 1 atom stereocenters. The predicted molar refractivity (Wildman–Crippen MR) is 41.5 cm³/mol. The second-order valence-corrected chi connectivity index (χ2v) is 2.69. The number of nitrogens with zero attached hydrogens (tertiary/aromatic N) is 2. The summed E-state index contributed by atoms with van der Waals surface area (Å²) in [5.74, 6) is 5.43. The average molecular weight is 223 g/mol. The molecule has 1 rings (SSSR count). The van der Waals surface area contributed by atoms with E-state index in [4.69, 9.17) is 5.84 Å². The van der Waals surface area contributed by atoms with Crippen molar-refractivity contribution in [3.8, 4) is 0 Å². The van der Waals surface area contributed by atoms with Gasteiger partial charge in [0, 0.05) is 18.6 Å². The summed E-state index contributed by atoms with van der Waals surface area (Å²) in [6.07, 6.45) is 5.17. The van der Waals surface area contributed by atoms with E-state index in [-0.39, 0.29) is 4.05 Å². The third kappa shape index (κ3) is 1.19. The van der Waals surface area contributed by atoms with Crippen LogP contribution in [0.15, 0.2) is 17.4 Å². The van der Waals surface area contributed by atoms with Crippen LogP contribution in [0.4, 0.5) is 0 Å². The van der Waals surface area contributed by atoms with Crippen LogP contribution in [0.2, 0.25) is 0 Å². The topological polar surface area (TPSA) is 41.6 Å². The van der Waals surface area contributed by atoms with Crippen molar-refractivity contribution in [2.45, 2.75) is 4.05 Å². The van der Waals surface area contributed by atoms with Crippen molar-refractivity contribution in [1.29, 1.82) is 0 Å². The first-order chi connectivity index (χ1) is 3.80. The van der Waals surface area contributed by atoms with Gasteiger partial charge in [0.05, 0.1) is 0 Å². The van der Waals surface area contributed by atoms with Gasteiger partial charge in [-0.05, 0) is 0 Å². The van der Waals surface area contributed by atoms with Crippen LogP contribution >= 0.6 is 22.6 Å². The maximum atomic E-state index is 5.43. The Morgan fingerprint density at radius 2 is 2.50 bits per heavy atom. The predicted octanol–water partition coefficient (Wildman–Crippen LogP) is 0.479. The van der Waals surface area contributed by atoms with Gasteiger partial charge >= 0.3 is 0 Å². The summed E-state index contributed by atoms with van der Waals surface area (Å²) in [5, 5.41) is 1.59. The standard InChI is InChI=1S/C4H6IN3/c5-4-3-7-1-2-8(4)6/h1-4H,6H2. The molecule has 1 aliphatic heterocycles. The Bertz CT molecular complexity index is 115. The summed E-state index contributed by atoms with van der Waals surface area (Å²) in [6, 6.07) is 0. The molecule has 0 aliphatic carbocycles. The molecule has 0 aromatic carbocycles. The highest BCUT2D eigenvalue weighted by atomic mass is 127. The summed E-state index contributed by atoms with van der Waals surface area (Å²) in [5.41, 5.74) is 0. The fourth-order valence-corrected chi connectivity index (χ4v) is 0.767. The fourth-order valence-electron chi connectivity index (χ4n) is 0.395. The van der Waals surface area contributed by atoms with E-state index in [9.17, 15) is 0 Å². The first-order valence-corrected chi connectivity index (χ1v) is 3.42. The van der Waals surface area contributed by atoms with E-state index in [1.165, 1.54) is 0 Å². The quantitative estimate of drug-likeness (QED) is 0.281. The summed E-state index contributed by atoms with van der Waals surface area (Å²) in [7, 11) is 0. The molecule has 0 amide bonds. The van der Waals surface area contributed by atoms with E-state index in [2.05, 4.69) is 27.6 Å². The largest absolute Gasteiger partial charge is 0.298 e. The molecule has 0 saturated carbocycles. The maximum absolute atomic E-state index is 5.43. The van der Waals surface area contributed by atoms with Gasteiger partial charge in [-0.1, -0.05) is 22.6 Å². The molecular weight excluding hydrogens is 217 g/mol. The molecule has 0 radical (unpaired) electrons. The van der Waals surface area contributed by atoms with E-state index >= 15 is 0 Å². The lowest BCUT2D eigenvalue weighted by Gasteiger charge is -2.18. The molecule has 0 spiro atoms. The van der Waals surface area contributed by atoms with Crippen molar-refractivity contribution in [3.05, 3.63) is 12.4 Å². The molecule has 44 valence electrons. The van der Waals surface area contributed by atoms with Crippen molar-refractivity contribution >= 4 is 28.8 Å². The highest BCUT2D eigenvalue weighted by Crippen LogP contribution is 2.04. The molecule has 1 heterocycles. The molecule has 0 saturated heterocycles. The molecule has 2 N–H and O–H groups in total. The van der Waals surface area contributed by atoms with Crippen LogP contribution in [0.3, 0.4) is 0 Å². The van der Waals surface area contributed by atoms with Gasteiger partial charge < -0.3 is 0 Å². The lowest BCUT2D eigenvalue weighted by molar-refractivity contribution is 0.435. The lowest BCUT2D eigenvalue weighted by atomic mass is 10.6. The summed E-state index contributed by atoms with van der Waals surface area (Å²) in [4.78, 5) is 3.87. The van der Waals surface area contributed by atoms with Gasteiger partial charge in [-0.3, -0.25) is 10.0 Å². The Labute approximate surface area is 61.4 Å². The number of hydrogen-bond acceptors (Lipinski definition) is 3. The lowest BCUT2D eigenvalue weighted by Crippen LogP contribution is -2.34. The van der Waals surface area contributed by atoms with Crippen LogP contribution in [0.5, 0.6) is 0 Å². The number of alkyl halides is 1. The minimum Gasteiger partial charge on any atom is -0.298 e. The molecule has 0 aromatic rings. The highest BCUT2D eigenvalue weighted by Gasteiger charge is 2.04. The molecule has 3 nitrogen and oxygen atoms in total. The second kappa shape index (κ2) is 2.45. The van der Waals surface area contributed by atoms with Crippen molar-refractivity contribution in [2.24, 2.45) is 10.8 Å². The Kier molecular flexibility index (Phi) is 1.85. The van der Waals surface area contributed by atoms with E-state index < -0.39 is 0 Å². The van der Waals surface area contributed by atoms with Gasteiger partial charge in [-0.15, -0.1) is 0 Å². The van der Waals surface area contributed by atoms with Crippen LogP contribution in [-0.2, 0) is 0 Å². The van der Waals surface area contributed by atoms with Crippen LogP contribution in [0, 0.1) is 0 Å². The normalized spacial score (nSPS) is 26.8. The van der Waals surface area contributed by atoms with E-state index in [1.807, 2.05) is 0 Å². The molecule has 0 fully saturated rings. The molecule has 1 aliphatic rings. The molecular formula is C4H6IN3. The number of aliphatic imine (C=N–C) groups is 1. The minimum absolute atomic E-state index is 0.206. The first kappa shape index (κ1) is 6.03. The highest BCUT2D eigenvalue weighted by molar-refractivity contribution is 14.1. The first-order valence-electron chi connectivity index (χ1n) is 2.18. The van der Waals surface area contributed by atoms with Gasteiger partial charge in [0.1, 0.15) is 4.05 Å². The van der Waals surface area contributed by atoms with E-state index in [0.717, 1.165) is 0 Å². The van der Waals surface area contributed by atoms with Gasteiger partial charge in [-0.25, -0.2) is 5.84 Å². The third-order valence-corrected chi connectivity index (χ3v) is 1.78. The van der Waals surface area contributed by atoms with Crippen molar-refractivity contribution < 1.29 is 0 Å². The number of rotatable bonds is 0. The van der Waals surface area contributed by atoms with Crippen molar-refractivity contribution in [2.75, 3.05) is 0 Å². The number of halogens is 1. The number of hydrogen-bond donors (Lipinski definition) is 1. The summed E-state index contributed by atoms with van der Waals surface area (Å²) in [6.45, 7) is 0. The van der Waals surface area contributed by atoms with Gasteiger partial charge in [0.2, 0.25) is 0 Å². The number of nitrogens with two attached hydrogens (primary N) is 1. The van der Waals surface area contributed by atoms with E-state index in [0.29, 0.717) is 0 Å². The maximum Gasteiger partial charge on any atom is 0.131 e. The van der Waals surface area contributed by atoms with Gasteiger partial charge in [0.15, 0.2) is 0 Å². The molecule has 4 heteroatoms. The number of hydrazine groups is 1. The molecule has 1 unspecified atom stereocenters. The minimum atomic E-state index is 0.206. The van der Waals surface area contributed by atoms with Crippen molar-refractivity contribution in [1.82, 2.24) is 5.01 Å². The smallest absolute Gasteiger partial charge is 0.131 e. The molecule has 8 heavy (non-hydrogen) atoms. The van der Waals surface area contributed by atoms with Crippen LogP contribution < -0.4 is 5.84 Å². The Hall–Kier alpha value is -0.100. The average Bonchev–Trinajstić information content (AvgIpc) is 1.77. The summed E-state index contributed by atoms with van der Waals surface area (Å²) >= 11 is 2.18. The monoisotopic (exact) mass is 223 g/mol. The zero-order valence-corrected chi connectivity index (χ0v) is 6.32. The van der Waals surface area contributed by atoms with Crippen LogP contribution in [-0.4, -0.2) is 15.3 Å². The van der Waals surface area contributed by atoms with Gasteiger partial charge in [0.25, 0.3) is 0 Å². The van der Waals surface area contributed by atoms with Crippen LogP contribution in [0.1, 0.15) is 0 Å². The summed E-state index contributed by atoms with van der Waals surface area (Å²) < 4.78 is 0.206. The Morgan fingerprint density at radius 1 is 1.75 bits per heavy atom. The fraction of sp³-hybridized carbons (Fsp3) is 0.250. The van der Waals surface area contributed by atoms with Crippen LogP contribution in [0.25, 0.3) is 0 Å². The van der Waals surface area contributed by atoms with Gasteiger partial charge in [-0.2, -0.15) is 0 Å². The van der Waals surface area contributed by atoms with E-state index in [1.54, 1.807) is 23.6 Å². The Balaban J connectivity index is 2.59. The zero-order chi connectivity index (χ0) is 5.98. The second-order valence-electron chi connectivity index (χ2n) is 1.42. The third-order valence-electron chi connectivity index (χ3n) is 0.819. The molecule has 0 aromatic heterocycles. The Morgan fingerprint density at radius 3 is 2.88 bits per heavy atom. The molecule has 0 bridgehead atoms. The SMILES string of the molecule is NN1C=CN=CC1I.